The second kappa shape index (κ2) is 6.03. The molecule has 112 valence electrons. The molecule has 21 heavy (non-hydrogen) atoms. The van der Waals surface area contributed by atoms with Crippen molar-refractivity contribution in [1.29, 1.82) is 0 Å². The molecule has 2 aromatic rings. The second-order valence-electron chi connectivity index (χ2n) is 5.43. The highest BCUT2D eigenvalue weighted by molar-refractivity contribution is 7.09. The van der Waals surface area contributed by atoms with Crippen molar-refractivity contribution in [3.63, 3.8) is 0 Å². The summed E-state index contributed by atoms with van der Waals surface area (Å²) in [6.45, 7) is 4.00. The Balaban J connectivity index is 1.77. The lowest BCUT2D eigenvalue weighted by Gasteiger charge is -2.23. The highest BCUT2D eigenvalue weighted by atomic mass is 32.1. The van der Waals surface area contributed by atoms with Gasteiger partial charge in [0.05, 0.1) is 23.9 Å². The van der Waals surface area contributed by atoms with E-state index in [1.54, 1.807) is 24.5 Å². The van der Waals surface area contributed by atoms with Crippen LogP contribution in [0.15, 0.2) is 23.6 Å². The van der Waals surface area contributed by atoms with Crippen LogP contribution in [0.25, 0.3) is 0 Å². The van der Waals surface area contributed by atoms with Gasteiger partial charge in [-0.3, -0.25) is 4.90 Å². The van der Waals surface area contributed by atoms with Gasteiger partial charge in [0.2, 0.25) is 0 Å². The Bertz CT molecular complexity index is 626. The minimum absolute atomic E-state index is 0.189. The number of likely N-dealkylation sites (tertiary alicyclic amines) is 1. The Morgan fingerprint density at radius 3 is 3.05 bits per heavy atom. The molecule has 1 aromatic heterocycles. The van der Waals surface area contributed by atoms with Crippen LogP contribution in [0.1, 0.15) is 35.1 Å². The number of phenols is 1. The molecule has 1 saturated heterocycles. The van der Waals surface area contributed by atoms with Gasteiger partial charge in [-0.05, 0) is 44.0 Å². The maximum absolute atomic E-state index is 9.68. The third-order valence-electron chi connectivity index (χ3n) is 3.97. The Labute approximate surface area is 129 Å². The summed E-state index contributed by atoms with van der Waals surface area (Å²) in [5, 5.41) is 13.0. The van der Waals surface area contributed by atoms with Crippen LogP contribution in [-0.4, -0.2) is 28.6 Å². The number of thiazole rings is 1. The number of hydrogen-bond acceptors (Lipinski definition) is 5. The summed E-state index contributed by atoms with van der Waals surface area (Å²) in [6.07, 6.45) is 2.37. The molecule has 3 rings (SSSR count). The first kappa shape index (κ1) is 14.4. The van der Waals surface area contributed by atoms with Gasteiger partial charge in [0.1, 0.15) is 0 Å². The number of hydrogen-bond donors (Lipinski definition) is 1. The molecule has 4 nitrogen and oxygen atoms in total. The molecule has 1 aliphatic rings. The van der Waals surface area contributed by atoms with Crippen LogP contribution >= 0.6 is 11.3 Å². The summed E-state index contributed by atoms with van der Waals surface area (Å²) < 4.78 is 5.19. The zero-order valence-corrected chi connectivity index (χ0v) is 13.2. The van der Waals surface area contributed by atoms with Crippen LogP contribution in [-0.2, 0) is 6.54 Å². The van der Waals surface area contributed by atoms with Crippen molar-refractivity contribution in [2.24, 2.45) is 0 Å². The van der Waals surface area contributed by atoms with E-state index in [0.29, 0.717) is 11.8 Å². The standard InChI is InChI=1S/C16H20N2O2S/c1-11-17-13(10-21-11)14-4-3-7-18(14)9-12-5-6-15(19)16(8-12)20-2/h5-6,8,10,14,19H,3-4,7,9H2,1-2H3. The number of phenolic OH excluding ortho intramolecular Hbond substituents is 1. The van der Waals surface area contributed by atoms with Crippen LogP contribution in [0, 0.1) is 6.92 Å². The van der Waals surface area contributed by atoms with Gasteiger partial charge in [-0.25, -0.2) is 4.98 Å². The van der Waals surface area contributed by atoms with Crippen LogP contribution in [0.5, 0.6) is 11.5 Å². The number of benzene rings is 1. The number of aryl methyl sites for hydroxylation is 1. The van der Waals surface area contributed by atoms with E-state index in [1.807, 2.05) is 12.1 Å². The molecule has 5 heteroatoms. The maximum atomic E-state index is 9.68. The van der Waals surface area contributed by atoms with Crippen molar-refractivity contribution < 1.29 is 9.84 Å². The van der Waals surface area contributed by atoms with E-state index in [4.69, 9.17) is 4.74 Å². The molecule has 2 heterocycles. The third kappa shape index (κ3) is 3.04. The highest BCUT2D eigenvalue weighted by Gasteiger charge is 2.27. The Morgan fingerprint density at radius 2 is 2.33 bits per heavy atom. The minimum atomic E-state index is 0.189. The number of aromatic nitrogens is 1. The van der Waals surface area contributed by atoms with Crippen molar-refractivity contribution in [1.82, 2.24) is 9.88 Å². The van der Waals surface area contributed by atoms with E-state index in [2.05, 4.69) is 22.2 Å². The molecule has 1 unspecified atom stereocenters. The Kier molecular flexibility index (Phi) is 4.12. The van der Waals surface area contributed by atoms with Gasteiger partial charge in [0.25, 0.3) is 0 Å². The summed E-state index contributed by atoms with van der Waals surface area (Å²) in [7, 11) is 1.58. The lowest BCUT2D eigenvalue weighted by Crippen LogP contribution is -2.23. The van der Waals surface area contributed by atoms with Crippen LogP contribution in [0.2, 0.25) is 0 Å². The first-order chi connectivity index (χ1) is 10.2. The van der Waals surface area contributed by atoms with E-state index in [-0.39, 0.29) is 5.75 Å². The van der Waals surface area contributed by atoms with Crippen molar-refractivity contribution in [3.05, 3.63) is 39.8 Å². The largest absolute Gasteiger partial charge is 0.504 e. The van der Waals surface area contributed by atoms with Crippen LogP contribution in [0.4, 0.5) is 0 Å². The highest BCUT2D eigenvalue weighted by Crippen LogP contribution is 2.34. The molecule has 0 saturated carbocycles. The minimum Gasteiger partial charge on any atom is -0.504 e. The fourth-order valence-corrected chi connectivity index (χ4v) is 3.60. The van der Waals surface area contributed by atoms with Gasteiger partial charge >= 0.3 is 0 Å². The van der Waals surface area contributed by atoms with Gasteiger partial charge < -0.3 is 9.84 Å². The Hall–Kier alpha value is -1.59. The number of nitrogens with zero attached hydrogens (tertiary/aromatic N) is 2. The van der Waals surface area contributed by atoms with Crippen molar-refractivity contribution >= 4 is 11.3 Å². The van der Waals surface area contributed by atoms with E-state index < -0.39 is 0 Å². The first-order valence-corrected chi connectivity index (χ1v) is 8.07. The molecule has 1 fully saturated rings. The smallest absolute Gasteiger partial charge is 0.160 e. The predicted octanol–water partition coefficient (Wildman–Crippen LogP) is 3.50. The molecular weight excluding hydrogens is 284 g/mol. The summed E-state index contributed by atoms with van der Waals surface area (Å²) in [5.41, 5.74) is 2.35. The summed E-state index contributed by atoms with van der Waals surface area (Å²) in [4.78, 5) is 7.10. The monoisotopic (exact) mass is 304 g/mol. The Morgan fingerprint density at radius 1 is 1.48 bits per heavy atom. The average Bonchev–Trinajstić information content (AvgIpc) is 3.09. The molecule has 1 N–H and O–H groups in total. The van der Waals surface area contributed by atoms with E-state index in [0.717, 1.165) is 23.7 Å². The van der Waals surface area contributed by atoms with Crippen molar-refractivity contribution in [2.45, 2.75) is 32.4 Å². The molecule has 0 bridgehead atoms. The van der Waals surface area contributed by atoms with E-state index >= 15 is 0 Å². The van der Waals surface area contributed by atoms with Crippen LogP contribution in [0.3, 0.4) is 0 Å². The molecule has 0 amide bonds. The molecule has 1 aromatic carbocycles. The SMILES string of the molecule is COc1cc(CN2CCCC2c2csc(C)n2)ccc1O. The van der Waals surface area contributed by atoms with Crippen molar-refractivity contribution in [2.75, 3.05) is 13.7 Å². The zero-order chi connectivity index (χ0) is 14.8. The predicted molar refractivity (Wildman–Crippen MR) is 83.9 cm³/mol. The topological polar surface area (TPSA) is 45.6 Å². The third-order valence-corrected chi connectivity index (χ3v) is 4.76. The number of aromatic hydroxyl groups is 1. The quantitative estimate of drug-likeness (QED) is 0.939. The van der Waals surface area contributed by atoms with Crippen LogP contribution < -0.4 is 4.74 Å². The molecule has 1 atom stereocenters. The van der Waals surface area contributed by atoms with Crippen molar-refractivity contribution in [3.8, 4) is 11.5 Å². The lowest BCUT2D eigenvalue weighted by molar-refractivity contribution is 0.244. The number of methoxy groups -OCH3 is 1. The summed E-state index contributed by atoms with van der Waals surface area (Å²) in [6, 6.07) is 5.98. The van der Waals surface area contributed by atoms with E-state index in [1.165, 1.54) is 18.5 Å². The fourth-order valence-electron chi connectivity index (χ4n) is 2.94. The fraction of sp³-hybridized carbons (Fsp3) is 0.438. The maximum Gasteiger partial charge on any atom is 0.160 e. The van der Waals surface area contributed by atoms with E-state index in [9.17, 15) is 5.11 Å². The van der Waals surface area contributed by atoms with Gasteiger partial charge in [-0.2, -0.15) is 0 Å². The first-order valence-electron chi connectivity index (χ1n) is 7.19. The second-order valence-corrected chi connectivity index (χ2v) is 6.49. The molecule has 0 aliphatic carbocycles. The summed E-state index contributed by atoms with van der Waals surface area (Å²) >= 11 is 1.72. The summed E-state index contributed by atoms with van der Waals surface area (Å²) in [5.74, 6) is 0.724. The van der Waals surface area contributed by atoms with Gasteiger partial charge in [-0.15, -0.1) is 11.3 Å². The normalized spacial score (nSPS) is 19.0. The van der Waals surface area contributed by atoms with Gasteiger partial charge in [-0.1, -0.05) is 6.07 Å². The zero-order valence-electron chi connectivity index (χ0n) is 12.4. The molecule has 0 spiro atoms. The molecular formula is C16H20N2O2S. The number of rotatable bonds is 4. The lowest BCUT2D eigenvalue weighted by atomic mass is 10.1. The van der Waals surface area contributed by atoms with Gasteiger partial charge in [0, 0.05) is 11.9 Å². The molecule has 1 aliphatic heterocycles. The molecule has 0 radical (unpaired) electrons. The average molecular weight is 304 g/mol. The number of ether oxygens (including phenoxy) is 1. The van der Waals surface area contributed by atoms with Gasteiger partial charge in [0.15, 0.2) is 11.5 Å².